The second-order valence-electron chi connectivity index (χ2n) is 7.53. The van der Waals surface area contributed by atoms with Crippen molar-refractivity contribution in [3.05, 3.63) is 48.0 Å². The lowest BCUT2D eigenvalue weighted by atomic mass is 10.2. The van der Waals surface area contributed by atoms with Crippen molar-refractivity contribution < 1.29 is 17.9 Å². The average Bonchev–Trinajstić information content (AvgIpc) is 2.74. The molecule has 0 unspecified atom stereocenters. The fraction of sp³-hybridized carbons (Fsp3) is 0.333. The molecule has 0 aliphatic carbocycles. The number of urea groups is 1. The molecule has 0 aromatic heterocycles. The van der Waals surface area contributed by atoms with Gasteiger partial charge in [-0.25, -0.2) is 4.79 Å². The Labute approximate surface area is 181 Å². The zero-order valence-corrected chi connectivity index (χ0v) is 18.3. The van der Waals surface area contributed by atoms with Crippen molar-refractivity contribution in [3.63, 3.8) is 0 Å². The zero-order chi connectivity index (χ0) is 22.0. The molecule has 0 saturated carbocycles. The van der Waals surface area contributed by atoms with Gasteiger partial charge in [0.05, 0.1) is 25.0 Å². The standard InChI is InChI=1S/C21H25N5O4S/c1-15-7-8-18(30-2)17(13-15)23-21(27)26-11-9-25(10-12-26)14-20-22-16-5-3-4-6-19(16)31(28,29)24-20/h3-8,13H,9-12,14H2,1-2H3,(H,22,24)(H,23,27). The van der Waals surface area contributed by atoms with E-state index in [4.69, 9.17) is 4.74 Å². The number of carbonyl (C=O) groups excluding carboxylic acids is 1. The van der Waals surface area contributed by atoms with Crippen LogP contribution in [-0.4, -0.2) is 69.9 Å². The molecular formula is C21H25N5O4S. The molecule has 2 amide bonds. The normalized spacial score (nSPS) is 17.9. The molecule has 2 heterocycles. The highest BCUT2D eigenvalue weighted by Gasteiger charge is 2.27. The number of para-hydroxylation sites is 1. The maximum atomic E-state index is 12.7. The Hall–Kier alpha value is -3.11. The van der Waals surface area contributed by atoms with Gasteiger partial charge >= 0.3 is 6.03 Å². The average molecular weight is 444 g/mol. The molecular weight excluding hydrogens is 418 g/mol. The molecule has 10 heteroatoms. The number of methoxy groups -OCH3 is 1. The van der Waals surface area contributed by atoms with Crippen molar-refractivity contribution in [3.8, 4) is 5.75 Å². The number of carbonyl (C=O) groups is 1. The Bertz CT molecular complexity index is 1120. The van der Waals surface area contributed by atoms with Gasteiger partial charge < -0.3 is 20.3 Å². The summed E-state index contributed by atoms with van der Waals surface area (Å²) in [5, 5.41) is 6.02. The van der Waals surface area contributed by atoms with Gasteiger partial charge in [-0.1, -0.05) is 18.2 Å². The first kappa shape index (κ1) is 21.1. The summed E-state index contributed by atoms with van der Waals surface area (Å²) in [7, 11) is -2.13. The number of aryl methyl sites for hydroxylation is 1. The molecule has 0 radical (unpaired) electrons. The number of amides is 2. The van der Waals surface area contributed by atoms with Gasteiger partial charge in [0.1, 0.15) is 16.5 Å². The Morgan fingerprint density at radius 3 is 2.65 bits per heavy atom. The first-order chi connectivity index (χ1) is 14.9. The van der Waals surface area contributed by atoms with Gasteiger partial charge in [-0.2, -0.15) is 8.42 Å². The Balaban J connectivity index is 1.35. The molecule has 164 valence electrons. The van der Waals surface area contributed by atoms with Crippen molar-refractivity contribution in [2.24, 2.45) is 4.40 Å². The predicted molar refractivity (Wildman–Crippen MR) is 119 cm³/mol. The van der Waals surface area contributed by atoms with E-state index in [1.54, 1.807) is 36.3 Å². The fourth-order valence-corrected chi connectivity index (χ4v) is 4.81. The molecule has 31 heavy (non-hydrogen) atoms. The molecule has 0 bridgehead atoms. The Kier molecular flexibility index (Phi) is 5.84. The number of ether oxygens (including phenoxy) is 1. The van der Waals surface area contributed by atoms with Gasteiger partial charge in [0, 0.05) is 26.2 Å². The number of hydrogen-bond donors (Lipinski definition) is 2. The van der Waals surface area contributed by atoms with Gasteiger partial charge in [-0.3, -0.25) is 4.90 Å². The highest BCUT2D eigenvalue weighted by molar-refractivity contribution is 7.90. The van der Waals surface area contributed by atoms with Crippen LogP contribution >= 0.6 is 0 Å². The maximum absolute atomic E-state index is 12.7. The molecule has 1 fully saturated rings. The summed E-state index contributed by atoms with van der Waals surface area (Å²) in [6, 6.07) is 12.2. The topological polar surface area (TPSA) is 103 Å². The quantitative estimate of drug-likeness (QED) is 0.752. The molecule has 2 aromatic carbocycles. The van der Waals surface area contributed by atoms with E-state index < -0.39 is 10.0 Å². The van der Waals surface area contributed by atoms with Gasteiger partial charge in [0.15, 0.2) is 0 Å². The number of nitrogens with one attached hydrogen (secondary N) is 2. The summed E-state index contributed by atoms with van der Waals surface area (Å²) < 4.78 is 34.0. The van der Waals surface area contributed by atoms with Crippen LogP contribution in [0.2, 0.25) is 0 Å². The number of hydrogen-bond acceptors (Lipinski definition) is 6. The van der Waals surface area contributed by atoms with Gasteiger partial charge in [0.2, 0.25) is 0 Å². The summed E-state index contributed by atoms with van der Waals surface area (Å²) >= 11 is 0. The molecule has 0 atom stereocenters. The first-order valence-corrected chi connectivity index (χ1v) is 11.4. The minimum Gasteiger partial charge on any atom is -0.495 e. The van der Waals surface area contributed by atoms with Gasteiger partial charge in [-0.05, 0) is 36.8 Å². The third-order valence-electron chi connectivity index (χ3n) is 5.30. The lowest BCUT2D eigenvalue weighted by molar-refractivity contribution is 0.158. The SMILES string of the molecule is COc1ccc(C)cc1NC(=O)N1CCN(CC2=NS(=O)(=O)c3ccccc3N2)CC1. The van der Waals surface area contributed by atoms with Crippen molar-refractivity contribution in [2.75, 3.05) is 50.5 Å². The maximum Gasteiger partial charge on any atom is 0.322 e. The molecule has 2 aromatic rings. The third-order valence-corrected chi connectivity index (χ3v) is 6.68. The number of sulfonamides is 1. The van der Waals surface area contributed by atoms with E-state index in [1.807, 2.05) is 25.1 Å². The van der Waals surface area contributed by atoms with Gasteiger partial charge in [-0.15, -0.1) is 4.40 Å². The first-order valence-electron chi connectivity index (χ1n) is 9.98. The highest BCUT2D eigenvalue weighted by Crippen LogP contribution is 2.27. The molecule has 9 nitrogen and oxygen atoms in total. The van der Waals surface area contributed by atoms with Crippen LogP contribution in [0, 0.1) is 6.92 Å². The number of rotatable bonds is 4. The lowest BCUT2D eigenvalue weighted by Crippen LogP contribution is -2.51. The van der Waals surface area contributed by atoms with Crippen molar-refractivity contribution in [2.45, 2.75) is 11.8 Å². The summed E-state index contributed by atoms with van der Waals surface area (Å²) in [4.78, 5) is 16.7. The van der Waals surface area contributed by atoms with Crippen LogP contribution in [0.5, 0.6) is 5.75 Å². The van der Waals surface area contributed by atoms with Crippen LogP contribution in [0.3, 0.4) is 0 Å². The smallest absolute Gasteiger partial charge is 0.322 e. The fourth-order valence-electron chi connectivity index (χ4n) is 3.67. The number of amidine groups is 1. The predicted octanol–water partition coefficient (Wildman–Crippen LogP) is 2.37. The second-order valence-corrected chi connectivity index (χ2v) is 9.10. The number of fused-ring (bicyclic) bond motifs is 1. The van der Waals surface area contributed by atoms with Crippen molar-refractivity contribution >= 4 is 33.3 Å². The van der Waals surface area contributed by atoms with Crippen LogP contribution < -0.4 is 15.4 Å². The number of piperazine rings is 1. The molecule has 0 spiro atoms. The minimum atomic E-state index is -3.70. The summed E-state index contributed by atoms with van der Waals surface area (Å²) in [5.74, 6) is 1.00. The largest absolute Gasteiger partial charge is 0.495 e. The Morgan fingerprint density at radius 1 is 1.16 bits per heavy atom. The summed E-state index contributed by atoms with van der Waals surface area (Å²) in [6.45, 7) is 4.60. The molecule has 4 rings (SSSR count). The van der Waals surface area contributed by atoms with E-state index in [0.29, 0.717) is 55.7 Å². The molecule has 2 N–H and O–H groups in total. The van der Waals surface area contributed by atoms with Crippen molar-refractivity contribution in [1.29, 1.82) is 0 Å². The van der Waals surface area contributed by atoms with E-state index >= 15 is 0 Å². The number of anilines is 2. The summed E-state index contributed by atoms with van der Waals surface area (Å²) in [5.41, 5.74) is 2.20. The summed E-state index contributed by atoms with van der Waals surface area (Å²) in [6.07, 6.45) is 0. The van der Waals surface area contributed by atoms with Crippen LogP contribution in [0.15, 0.2) is 51.8 Å². The monoisotopic (exact) mass is 443 g/mol. The Morgan fingerprint density at radius 2 is 1.90 bits per heavy atom. The van der Waals surface area contributed by atoms with E-state index in [2.05, 4.69) is 19.9 Å². The third kappa shape index (κ3) is 4.64. The molecule has 1 saturated heterocycles. The van der Waals surface area contributed by atoms with Gasteiger partial charge in [0.25, 0.3) is 10.0 Å². The van der Waals surface area contributed by atoms with Crippen LogP contribution in [-0.2, 0) is 10.0 Å². The second kappa shape index (κ2) is 8.56. The van der Waals surface area contributed by atoms with E-state index in [9.17, 15) is 13.2 Å². The van der Waals surface area contributed by atoms with E-state index in [0.717, 1.165) is 5.56 Å². The highest BCUT2D eigenvalue weighted by atomic mass is 32.2. The van der Waals surface area contributed by atoms with E-state index in [-0.39, 0.29) is 10.9 Å². The zero-order valence-electron chi connectivity index (χ0n) is 17.5. The minimum absolute atomic E-state index is 0.187. The lowest BCUT2D eigenvalue weighted by Gasteiger charge is -2.35. The van der Waals surface area contributed by atoms with Crippen LogP contribution in [0.1, 0.15) is 5.56 Å². The van der Waals surface area contributed by atoms with E-state index in [1.165, 1.54) is 0 Å². The van der Waals surface area contributed by atoms with Crippen LogP contribution in [0.25, 0.3) is 0 Å². The molecule has 2 aliphatic rings. The number of nitrogens with zero attached hydrogens (tertiary/aromatic N) is 3. The molecule has 2 aliphatic heterocycles. The van der Waals surface area contributed by atoms with Crippen molar-refractivity contribution in [1.82, 2.24) is 9.80 Å². The van der Waals surface area contributed by atoms with Crippen LogP contribution in [0.4, 0.5) is 16.2 Å². The number of benzene rings is 2.